The summed E-state index contributed by atoms with van der Waals surface area (Å²) in [5, 5.41) is 9.25. The average Bonchev–Trinajstić information content (AvgIpc) is 2.56. The summed E-state index contributed by atoms with van der Waals surface area (Å²) < 4.78 is 0. The second-order valence-corrected chi connectivity index (χ2v) is 5.11. The number of aryl methyl sites for hydroxylation is 1. The summed E-state index contributed by atoms with van der Waals surface area (Å²) >= 11 is 0. The Labute approximate surface area is 96.3 Å². The van der Waals surface area contributed by atoms with E-state index in [4.69, 9.17) is 0 Å². The van der Waals surface area contributed by atoms with Crippen LogP contribution in [0.5, 0.6) is 0 Å². The summed E-state index contributed by atoms with van der Waals surface area (Å²) in [5.41, 5.74) is 3.42. The van der Waals surface area contributed by atoms with Crippen molar-refractivity contribution in [1.82, 2.24) is 0 Å². The molecule has 0 aromatic heterocycles. The van der Waals surface area contributed by atoms with Gasteiger partial charge in [0.2, 0.25) is 0 Å². The first-order chi connectivity index (χ1) is 7.50. The number of fused-ring (bicyclic) bond motifs is 1. The summed E-state index contributed by atoms with van der Waals surface area (Å²) in [7, 11) is 0. The number of carbonyl (C=O) groups is 1. The van der Waals surface area contributed by atoms with Gasteiger partial charge in [0.15, 0.2) is 0 Å². The minimum absolute atomic E-state index is 0.303. The monoisotopic (exact) mass is 218 g/mol. The van der Waals surface area contributed by atoms with Gasteiger partial charge in [0.1, 0.15) is 0 Å². The maximum Gasteiger partial charge on any atom is 0.311 e. The molecule has 0 saturated heterocycles. The molecule has 2 atom stereocenters. The van der Waals surface area contributed by atoms with Crippen molar-refractivity contribution in [1.29, 1.82) is 0 Å². The van der Waals surface area contributed by atoms with Crippen LogP contribution in [0.1, 0.15) is 48.8 Å². The summed E-state index contributed by atoms with van der Waals surface area (Å²) in [6.45, 7) is 6.35. The molecule has 0 heterocycles. The maximum absolute atomic E-state index is 11.2. The van der Waals surface area contributed by atoms with Gasteiger partial charge in [0.25, 0.3) is 0 Å². The molecule has 1 aromatic carbocycles. The molecule has 1 N–H and O–H groups in total. The third-order valence-electron chi connectivity index (χ3n) is 3.61. The van der Waals surface area contributed by atoms with Crippen LogP contribution >= 0.6 is 0 Å². The molecule has 0 spiro atoms. The van der Waals surface area contributed by atoms with Crippen molar-refractivity contribution in [3.63, 3.8) is 0 Å². The molecule has 0 amide bonds. The summed E-state index contributed by atoms with van der Waals surface area (Å²) in [6.07, 6.45) is 0.756. The quantitative estimate of drug-likeness (QED) is 0.826. The third kappa shape index (κ3) is 1.73. The van der Waals surface area contributed by atoms with Crippen LogP contribution in [-0.4, -0.2) is 11.1 Å². The summed E-state index contributed by atoms with van der Waals surface area (Å²) in [5.74, 6) is -0.0835. The Morgan fingerprint density at radius 2 is 2.06 bits per heavy atom. The summed E-state index contributed by atoms with van der Waals surface area (Å²) in [6, 6.07) is 6.23. The van der Waals surface area contributed by atoms with Crippen LogP contribution in [0.4, 0.5) is 0 Å². The van der Waals surface area contributed by atoms with Crippen LogP contribution in [0.3, 0.4) is 0 Å². The third-order valence-corrected chi connectivity index (χ3v) is 3.61. The van der Waals surface area contributed by atoms with Gasteiger partial charge in [0.05, 0.1) is 5.92 Å². The highest BCUT2D eigenvalue weighted by atomic mass is 16.4. The largest absolute Gasteiger partial charge is 0.481 e. The van der Waals surface area contributed by atoms with E-state index < -0.39 is 5.97 Å². The number of carboxylic acid groups (broad SMARTS) is 1. The molecule has 1 aliphatic rings. The molecule has 0 fully saturated rings. The molecule has 2 unspecified atom stereocenters. The molecule has 1 aliphatic carbocycles. The molecule has 0 radical (unpaired) electrons. The minimum Gasteiger partial charge on any atom is -0.481 e. The lowest BCUT2D eigenvalue weighted by Crippen LogP contribution is -2.09. The first-order valence-corrected chi connectivity index (χ1v) is 5.84. The van der Waals surface area contributed by atoms with E-state index >= 15 is 0 Å². The van der Waals surface area contributed by atoms with Gasteiger partial charge in [-0.1, -0.05) is 37.6 Å². The fourth-order valence-electron chi connectivity index (χ4n) is 2.71. The van der Waals surface area contributed by atoms with Gasteiger partial charge in [-0.05, 0) is 36.3 Å². The highest BCUT2D eigenvalue weighted by Gasteiger charge is 2.36. The van der Waals surface area contributed by atoms with Gasteiger partial charge in [-0.25, -0.2) is 0 Å². The molecule has 2 nitrogen and oxygen atoms in total. The van der Waals surface area contributed by atoms with Crippen molar-refractivity contribution in [2.75, 3.05) is 0 Å². The Bertz CT molecular complexity index is 421. The first-order valence-electron chi connectivity index (χ1n) is 5.84. The first kappa shape index (κ1) is 11.2. The van der Waals surface area contributed by atoms with E-state index in [1.54, 1.807) is 0 Å². The lowest BCUT2D eigenvalue weighted by atomic mass is 9.89. The number of hydrogen-bond acceptors (Lipinski definition) is 1. The highest BCUT2D eigenvalue weighted by molar-refractivity contribution is 5.78. The van der Waals surface area contributed by atoms with Gasteiger partial charge in [0, 0.05) is 0 Å². The zero-order valence-corrected chi connectivity index (χ0v) is 10.0. The van der Waals surface area contributed by atoms with Crippen molar-refractivity contribution in [2.24, 2.45) is 5.92 Å². The highest BCUT2D eigenvalue weighted by Crippen LogP contribution is 2.45. The standard InChI is InChI=1S/C14H18O2/c1-8(2)11-7-13(14(15)16)12-6-9(3)4-5-10(11)12/h4-6,8,11,13H,7H2,1-3H3,(H,15,16). The van der Waals surface area contributed by atoms with E-state index in [1.165, 1.54) is 5.56 Å². The smallest absolute Gasteiger partial charge is 0.311 e. The van der Waals surface area contributed by atoms with Crippen molar-refractivity contribution >= 4 is 5.97 Å². The molecule has 0 aliphatic heterocycles. The fraction of sp³-hybridized carbons (Fsp3) is 0.500. The second-order valence-electron chi connectivity index (χ2n) is 5.11. The van der Waals surface area contributed by atoms with Gasteiger partial charge < -0.3 is 5.11 Å². The van der Waals surface area contributed by atoms with Crippen molar-refractivity contribution in [3.8, 4) is 0 Å². The van der Waals surface area contributed by atoms with Gasteiger partial charge in [-0.3, -0.25) is 4.79 Å². The Morgan fingerprint density at radius 1 is 1.38 bits per heavy atom. The zero-order valence-electron chi connectivity index (χ0n) is 10.0. The zero-order chi connectivity index (χ0) is 11.9. The lowest BCUT2D eigenvalue weighted by molar-refractivity contribution is -0.138. The Morgan fingerprint density at radius 3 is 2.62 bits per heavy atom. The summed E-state index contributed by atoms with van der Waals surface area (Å²) in [4.78, 5) is 11.2. The number of carboxylic acids is 1. The maximum atomic E-state index is 11.2. The number of rotatable bonds is 2. The normalized spacial score (nSPS) is 23.5. The van der Waals surface area contributed by atoms with Crippen LogP contribution in [-0.2, 0) is 4.79 Å². The van der Waals surface area contributed by atoms with E-state index in [-0.39, 0.29) is 5.92 Å². The molecule has 0 saturated carbocycles. The molecule has 2 rings (SSSR count). The van der Waals surface area contributed by atoms with E-state index in [1.807, 2.05) is 13.0 Å². The van der Waals surface area contributed by atoms with Gasteiger partial charge in [-0.2, -0.15) is 0 Å². The number of aliphatic carboxylic acids is 1. The number of hydrogen-bond donors (Lipinski definition) is 1. The van der Waals surface area contributed by atoms with Crippen LogP contribution in [0, 0.1) is 12.8 Å². The molecule has 2 heteroatoms. The van der Waals surface area contributed by atoms with Crippen LogP contribution in [0.15, 0.2) is 18.2 Å². The van der Waals surface area contributed by atoms with E-state index in [0.29, 0.717) is 11.8 Å². The van der Waals surface area contributed by atoms with Crippen molar-refractivity contribution in [3.05, 3.63) is 34.9 Å². The average molecular weight is 218 g/mol. The minimum atomic E-state index is -0.685. The molecular weight excluding hydrogens is 200 g/mol. The van der Waals surface area contributed by atoms with Crippen molar-refractivity contribution < 1.29 is 9.90 Å². The van der Waals surface area contributed by atoms with Crippen molar-refractivity contribution in [2.45, 2.75) is 39.0 Å². The predicted molar refractivity (Wildman–Crippen MR) is 63.8 cm³/mol. The van der Waals surface area contributed by atoms with Crippen LogP contribution in [0.25, 0.3) is 0 Å². The van der Waals surface area contributed by atoms with E-state index in [2.05, 4.69) is 26.0 Å². The molecule has 16 heavy (non-hydrogen) atoms. The lowest BCUT2D eigenvalue weighted by Gasteiger charge is -2.15. The molecule has 86 valence electrons. The Balaban J connectivity index is 2.48. The Hall–Kier alpha value is -1.31. The van der Waals surface area contributed by atoms with Crippen LogP contribution < -0.4 is 0 Å². The van der Waals surface area contributed by atoms with Gasteiger partial charge >= 0.3 is 5.97 Å². The fourth-order valence-corrected chi connectivity index (χ4v) is 2.71. The van der Waals surface area contributed by atoms with Gasteiger partial charge in [-0.15, -0.1) is 0 Å². The molecule has 1 aromatic rings. The van der Waals surface area contributed by atoms with E-state index in [0.717, 1.165) is 17.5 Å². The SMILES string of the molecule is Cc1ccc2c(c1)C(C(=O)O)CC2C(C)C. The molecular formula is C14H18O2. The molecule has 0 bridgehead atoms. The topological polar surface area (TPSA) is 37.3 Å². The second kappa shape index (κ2) is 3.93. The number of benzene rings is 1. The Kier molecular flexibility index (Phi) is 2.75. The van der Waals surface area contributed by atoms with E-state index in [9.17, 15) is 9.90 Å². The van der Waals surface area contributed by atoms with Crippen LogP contribution in [0.2, 0.25) is 0 Å². The predicted octanol–water partition coefficient (Wildman–Crippen LogP) is 3.31.